The number of nitrogens with zero attached hydrogens (tertiary/aromatic N) is 2. The maximum Gasteiger partial charge on any atom is 0.343 e. The highest BCUT2D eigenvalue weighted by molar-refractivity contribution is 5.92. The number of carbonyl (C=O) groups excluding carboxylic acids is 2. The Kier molecular flexibility index (Phi) is 15.9. The Hall–Kier alpha value is -10.6. The molecule has 0 atom stereocenters. The molecule has 0 unspecified atom stereocenters. The van der Waals surface area contributed by atoms with Gasteiger partial charge < -0.3 is 18.9 Å². The predicted molar refractivity (Wildman–Crippen MR) is 261 cm³/mol. The van der Waals surface area contributed by atoms with E-state index in [1.165, 1.54) is 0 Å². The first-order valence-corrected chi connectivity index (χ1v) is 20.5. The van der Waals surface area contributed by atoms with E-state index in [-0.39, 0.29) is 0 Å². The maximum atomic E-state index is 12.8. The van der Waals surface area contributed by atoms with E-state index in [1.807, 2.05) is 79.1 Å². The molecule has 8 heteroatoms. The summed E-state index contributed by atoms with van der Waals surface area (Å²) in [6, 6.07) is 43.3. The number of carbonyl (C=O) groups is 2. The normalized spacial score (nSPS) is 9.09. The molecule has 7 rings (SSSR count). The van der Waals surface area contributed by atoms with Gasteiger partial charge in [0.25, 0.3) is 0 Å². The summed E-state index contributed by atoms with van der Waals surface area (Å²) < 4.78 is 21.8. The van der Waals surface area contributed by atoms with Crippen molar-refractivity contribution in [1.29, 1.82) is 0 Å². The minimum absolute atomic E-state index is 0.354. The molecule has 7 aromatic rings. The quantitative estimate of drug-likeness (QED) is 0.0762. The number of hydrogen-bond donors (Lipinski definition) is 0. The molecule has 8 nitrogen and oxygen atoms in total. The Morgan fingerprint density at radius 2 is 0.721 bits per heavy atom. The number of benzene rings is 5. The van der Waals surface area contributed by atoms with Crippen molar-refractivity contribution in [3.8, 4) is 163 Å². The van der Waals surface area contributed by atoms with Crippen LogP contribution in [0.2, 0.25) is 0 Å². The van der Waals surface area contributed by atoms with Crippen molar-refractivity contribution in [1.82, 2.24) is 9.97 Å². The molecule has 68 heavy (non-hydrogen) atoms. The van der Waals surface area contributed by atoms with Gasteiger partial charge in [0.2, 0.25) is 0 Å². The smallest absolute Gasteiger partial charge is 0.343 e. The topological polar surface area (TPSA) is 96.8 Å². The van der Waals surface area contributed by atoms with Crippen LogP contribution >= 0.6 is 0 Å². The molecular formula is C60H32N2O6. The lowest BCUT2D eigenvalue weighted by molar-refractivity contribution is 0.0725. The van der Waals surface area contributed by atoms with E-state index in [9.17, 15) is 9.59 Å². The summed E-state index contributed by atoms with van der Waals surface area (Å²) in [5.74, 6) is 36.7. The average Bonchev–Trinajstić information content (AvgIpc) is 3.39. The van der Waals surface area contributed by atoms with Gasteiger partial charge in [0.15, 0.2) is 0 Å². The Morgan fingerprint density at radius 3 is 1.09 bits per heavy atom. The van der Waals surface area contributed by atoms with Gasteiger partial charge in [0.05, 0.1) is 22.5 Å². The SMILES string of the molecule is CC#CC#CC#CC#COc1ccc(C(=O)Oc2ccc(-c3ccc(-c4cccc(-c5ccc(-c6ccc(OC(=O)c7ccc(OC#CC#CC#CC#CC)cc7)cc6)cn5)c4)nc3)cc2)cc1. The average molecular weight is 877 g/mol. The van der Waals surface area contributed by atoms with E-state index in [2.05, 4.69) is 101 Å². The van der Waals surface area contributed by atoms with Gasteiger partial charge in [-0.1, -0.05) is 66.4 Å². The van der Waals surface area contributed by atoms with Gasteiger partial charge in [0.1, 0.15) is 35.2 Å². The number of hydrogen-bond acceptors (Lipinski definition) is 8. The third-order valence-corrected chi connectivity index (χ3v) is 9.27. The molecule has 0 saturated carbocycles. The van der Waals surface area contributed by atoms with Crippen LogP contribution in [0.3, 0.4) is 0 Å². The molecule has 0 N–H and O–H groups in total. The van der Waals surface area contributed by atoms with E-state index < -0.39 is 11.9 Å². The first kappa shape index (κ1) is 45.4. The fourth-order valence-corrected chi connectivity index (χ4v) is 5.98. The second kappa shape index (κ2) is 23.7. The van der Waals surface area contributed by atoms with Gasteiger partial charge >= 0.3 is 11.9 Å². The van der Waals surface area contributed by atoms with Crippen molar-refractivity contribution in [3.63, 3.8) is 0 Å². The predicted octanol–water partition coefficient (Wildman–Crippen LogP) is 10.3. The molecule has 5 aromatic carbocycles. The summed E-state index contributed by atoms with van der Waals surface area (Å²) in [6.07, 6.45) is 8.57. The molecule has 0 aliphatic heterocycles. The summed E-state index contributed by atoms with van der Waals surface area (Å²) in [7, 11) is 0. The summed E-state index contributed by atoms with van der Waals surface area (Å²) in [5.41, 5.74) is 7.83. The molecule has 2 aromatic heterocycles. The molecule has 0 aliphatic carbocycles. The molecular weight excluding hydrogens is 845 g/mol. The highest BCUT2D eigenvalue weighted by atomic mass is 16.5. The van der Waals surface area contributed by atoms with Gasteiger partial charge in [-0.15, -0.1) is 0 Å². The van der Waals surface area contributed by atoms with Crippen LogP contribution in [-0.4, -0.2) is 21.9 Å². The van der Waals surface area contributed by atoms with Gasteiger partial charge in [-0.2, -0.15) is 0 Å². The zero-order chi connectivity index (χ0) is 47.2. The minimum Gasteiger partial charge on any atom is -0.423 e. The minimum atomic E-state index is -0.509. The lowest BCUT2D eigenvalue weighted by Crippen LogP contribution is -2.08. The molecule has 0 saturated heterocycles. The van der Waals surface area contributed by atoms with Crippen LogP contribution in [0.15, 0.2) is 158 Å². The second-order valence-electron chi connectivity index (χ2n) is 13.7. The monoisotopic (exact) mass is 876 g/mol. The number of aromatic nitrogens is 2. The first-order chi connectivity index (χ1) is 33.4. The Labute approximate surface area is 394 Å². The fourth-order valence-electron chi connectivity index (χ4n) is 5.98. The lowest BCUT2D eigenvalue weighted by Gasteiger charge is -2.09. The van der Waals surface area contributed by atoms with Crippen molar-refractivity contribution in [3.05, 3.63) is 169 Å². The van der Waals surface area contributed by atoms with Crippen LogP contribution in [0.1, 0.15) is 34.6 Å². The molecule has 2 heterocycles. The zero-order valence-electron chi connectivity index (χ0n) is 36.4. The van der Waals surface area contributed by atoms with E-state index in [0.29, 0.717) is 34.1 Å². The van der Waals surface area contributed by atoms with E-state index >= 15 is 0 Å². The third-order valence-electron chi connectivity index (χ3n) is 9.27. The van der Waals surface area contributed by atoms with Crippen molar-refractivity contribution in [2.75, 3.05) is 0 Å². The fraction of sp³-hybridized carbons (Fsp3) is 0.0333. The second-order valence-corrected chi connectivity index (χ2v) is 13.7. The van der Waals surface area contributed by atoms with Gasteiger partial charge in [-0.25, -0.2) is 9.59 Å². The lowest BCUT2D eigenvalue weighted by atomic mass is 10.0. The Morgan fingerprint density at radius 1 is 0.368 bits per heavy atom. The third kappa shape index (κ3) is 13.2. The molecule has 0 spiro atoms. The van der Waals surface area contributed by atoms with Crippen molar-refractivity contribution in [2.45, 2.75) is 13.8 Å². The number of rotatable bonds is 10. The number of ether oxygens (including phenoxy) is 4. The van der Waals surface area contributed by atoms with E-state index in [1.54, 1.807) is 86.6 Å². The molecule has 318 valence electrons. The largest absolute Gasteiger partial charge is 0.423 e. The molecule has 0 radical (unpaired) electrons. The van der Waals surface area contributed by atoms with Crippen LogP contribution in [-0.2, 0) is 0 Å². The number of esters is 2. The first-order valence-electron chi connectivity index (χ1n) is 20.5. The summed E-state index contributed by atoms with van der Waals surface area (Å²) in [5, 5.41) is 0. The van der Waals surface area contributed by atoms with E-state index in [0.717, 1.165) is 44.8 Å². The maximum absolute atomic E-state index is 12.8. The van der Waals surface area contributed by atoms with Crippen LogP contribution in [0.5, 0.6) is 23.0 Å². The van der Waals surface area contributed by atoms with Gasteiger partial charge in [0, 0.05) is 70.2 Å². The summed E-state index contributed by atoms with van der Waals surface area (Å²) in [4.78, 5) is 35.1. The van der Waals surface area contributed by atoms with Crippen LogP contribution < -0.4 is 18.9 Å². The van der Waals surface area contributed by atoms with Gasteiger partial charge in [-0.05, 0) is 151 Å². The van der Waals surface area contributed by atoms with Crippen LogP contribution in [0, 0.1) is 95.1 Å². The molecule has 0 fully saturated rings. The van der Waals surface area contributed by atoms with Gasteiger partial charge in [-0.3, -0.25) is 9.97 Å². The summed E-state index contributed by atoms with van der Waals surface area (Å²) >= 11 is 0. The van der Waals surface area contributed by atoms with Crippen LogP contribution in [0.25, 0.3) is 44.8 Å². The van der Waals surface area contributed by atoms with Crippen molar-refractivity contribution >= 4 is 11.9 Å². The van der Waals surface area contributed by atoms with Crippen molar-refractivity contribution in [2.24, 2.45) is 0 Å². The molecule has 0 aliphatic rings. The van der Waals surface area contributed by atoms with E-state index in [4.69, 9.17) is 28.9 Å². The highest BCUT2D eigenvalue weighted by Gasteiger charge is 2.12. The van der Waals surface area contributed by atoms with Crippen LogP contribution in [0.4, 0.5) is 0 Å². The highest BCUT2D eigenvalue weighted by Crippen LogP contribution is 2.29. The molecule has 0 bridgehead atoms. The summed E-state index contributed by atoms with van der Waals surface area (Å²) in [6.45, 7) is 3.38. The Balaban J connectivity index is 0.897. The van der Waals surface area contributed by atoms with Crippen molar-refractivity contribution < 1.29 is 28.5 Å². The standard InChI is InChI=1S/C60H32N2O6/c1-3-5-7-9-11-13-15-40-65-53-30-24-47(25-31-53)59(63)67-55-34-20-45(21-35-55)51-28-38-57(61-43-51)49-18-17-19-50(42-49)58-39-29-52(44-62-58)46-22-36-56(37-23-46)68-60(64)48-26-32-54(33-27-48)66-41-16-14-12-10-8-6-4-2/h17-39,42-44H,1-2H3. The Bertz CT molecular complexity index is 3270. The number of pyridine rings is 2. The molecule has 0 amide bonds. The zero-order valence-corrected chi connectivity index (χ0v) is 36.4.